The monoisotopic (exact) mass is 365 g/mol. The summed E-state index contributed by atoms with van der Waals surface area (Å²) in [5.41, 5.74) is 8.25. The maximum absolute atomic E-state index is 12.2. The van der Waals surface area contributed by atoms with E-state index >= 15 is 0 Å². The van der Waals surface area contributed by atoms with E-state index in [0.29, 0.717) is 30.0 Å². The van der Waals surface area contributed by atoms with Gasteiger partial charge < -0.3 is 16.4 Å². The van der Waals surface area contributed by atoms with Crippen LogP contribution in [0.5, 0.6) is 0 Å². The molecule has 2 amide bonds. The summed E-state index contributed by atoms with van der Waals surface area (Å²) in [7, 11) is 0. The van der Waals surface area contributed by atoms with E-state index in [1.54, 1.807) is 12.1 Å². The zero-order valence-electron chi connectivity index (χ0n) is 15.0. The molecule has 3 aromatic rings. The summed E-state index contributed by atoms with van der Waals surface area (Å²) < 4.78 is 0. The lowest BCUT2D eigenvalue weighted by atomic mass is 10.1. The Morgan fingerprint density at radius 3 is 2.63 bits per heavy atom. The molecule has 0 fully saturated rings. The van der Waals surface area contributed by atoms with Crippen LogP contribution in [0, 0.1) is 0 Å². The Bertz CT molecular complexity index is 935. The molecule has 27 heavy (non-hydrogen) atoms. The van der Waals surface area contributed by atoms with Gasteiger partial charge in [-0.05, 0) is 31.0 Å². The molecule has 0 saturated carbocycles. The number of H-pyrrole nitrogens is 1. The van der Waals surface area contributed by atoms with E-state index in [-0.39, 0.29) is 11.8 Å². The maximum Gasteiger partial charge on any atom is 0.272 e. The topological polar surface area (TPSA) is 113 Å². The number of amides is 2. The van der Waals surface area contributed by atoms with E-state index in [2.05, 4.69) is 20.8 Å². The number of hydrogen-bond acceptors (Lipinski definition) is 4. The van der Waals surface area contributed by atoms with Crippen LogP contribution in [0.15, 0.2) is 48.5 Å². The fourth-order valence-corrected chi connectivity index (χ4v) is 2.83. The van der Waals surface area contributed by atoms with Gasteiger partial charge in [0.25, 0.3) is 5.91 Å². The quantitative estimate of drug-likeness (QED) is 0.363. The molecule has 0 radical (unpaired) electrons. The van der Waals surface area contributed by atoms with Crippen LogP contribution in [0.25, 0.3) is 10.9 Å². The lowest BCUT2D eigenvalue weighted by Crippen LogP contribution is -2.25. The smallest absolute Gasteiger partial charge is 0.272 e. The summed E-state index contributed by atoms with van der Waals surface area (Å²) in [5.74, 6) is -0.246. The number of nitrogen functional groups attached to an aromatic ring is 1. The molecular weight excluding hydrogens is 342 g/mol. The molecule has 0 bridgehead atoms. The summed E-state index contributed by atoms with van der Waals surface area (Å²) in [5, 5.41) is 13.4. The number of para-hydroxylation sites is 3. The molecule has 7 nitrogen and oxygen atoms in total. The summed E-state index contributed by atoms with van der Waals surface area (Å²) in [6.07, 6.45) is 2.82. The number of hydrogen-bond donors (Lipinski definition) is 4. The van der Waals surface area contributed by atoms with E-state index in [9.17, 15) is 9.59 Å². The molecule has 0 atom stereocenters. The number of nitrogens with two attached hydrogens (primary N) is 1. The van der Waals surface area contributed by atoms with Crippen molar-refractivity contribution in [1.82, 2.24) is 15.5 Å². The molecule has 140 valence electrons. The van der Waals surface area contributed by atoms with Crippen LogP contribution >= 0.6 is 0 Å². The first-order valence-corrected chi connectivity index (χ1v) is 9.01. The summed E-state index contributed by atoms with van der Waals surface area (Å²) >= 11 is 0. The Kier molecular flexibility index (Phi) is 6.04. The predicted octanol–water partition coefficient (Wildman–Crippen LogP) is 3.07. The van der Waals surface area contributed by atoms with E-state index in [4.69, 9.17) is 5.73 Å². The Hall–Kier alpha value is -3.35. The minimum atomic E-state index is -0.190. The molecule has 0 unspecified atom stereocenters. The van der Waals surface area contributed by atoms with Crippen molar-refractivity contribution in [2.75, 3.05) is 17.6 Å². The predicted molar refractivity (Wildman–Crippen MR) is 106 cm³/mol. The van der Waals surface area contributed by atoms with Crippen LogP contribution in [-0.4, -0.2) is 28.6 Å². The number of benzene rings is 2. The number of carbonyl (C=O) groups is 2. The number of unbranched alkanes of at least 4 members (excludes halogenated alkanes) is 2. The average molecular weight is 365 g/mol. The SMILES string of the molecule is Nc1ccccc1NC(=O)CCCCCNC(=O)c1n[nH]c2ccccc12. The summed E-state index contributed by atoms with van der Waals surface area (Å²) in [6.45, 7) is 0.549. The normalized spacial score (nSPS) is 10.7. The van der Waals surface area contributed by atoms with Crippen molar-refractivity contribution in [2.24, 2.45) is 0 Å². The van der Waals surface area contributed by atoms with E-state index in [1.807, 2.05) is 36.4 Å². The first-order chi connectivity index (χ1) is 13.1. The Morgan fingerprint density at radius 2 is 1.78 bits per heavy atom. The lowest BCUT2D eigenvalue weighted by molar-refractivity contribution is -0.116. The zero-order chi connectivity index (χ0) is 19.1. The molecule has 3 rings (SSSR count). The van der Waals surface area contributed by atoms with Gasteiger partial charge in [-0.3, -0.25) is 14.7 Å². The molecule has 2 aromatic carbocycles. The van der Waals surface area contributed by atoms with Gasteiger partial charge in [0.1, 0.15) is 0 Å². The van der Waals surface area contributed by atoms with Gasteiger partial charge in [0.15, 0.2) is 5.69 Å². The third-order valence-corrected chi connectivity index (χ3v) is 4.29. The molecule has 0 aliphatic heterocycles. The summed E-state index contributed by atoms with van der Waals surface area (Å²) in [4.78, 5) is 24.2. The van der Waals surface area contributed by atoms with Crippen molar-refractivity contribution in [3.63, 3.8) is 0 Å². The van der Waals surface area contributed by atoms with Crippen LogP contribution in [-0.2, 0) is 4.79 Å². The summed E-state index contributed by atoms with van der Waals surface area (Å²) in [6, 6.07) is 14.7. The fourth-order valence-electron chi connectivity index (χ4n) is 2.83. The second-order valence-electron chi connectivity index (χ2n) is 6.32. The van der Waals surface area contributed by atoms with Crippen LogP contribution in [0.1, 0.15) is 36.2 Å². The van der Waals surface area contributed by atoms with Crippen molar-refractivity contribution in [3.05, 3.63) is 54.2 Å². The van der Waals surface area contributed by atoms with Crippen molar-refractivity contribution in [1.29, 1.82) is 0 Å². The van der Waals surface area contributed by atoms with Gasteiger partial charge in [-0.15, -0.1) is 0 Å². The molecule has 0 saturated heterocycles. The Labute approximate surface area is 157 Å². The lowest BCUT2D eigenvalue weighted by Gasteiger charge is -2.08. The number of fused-ring (bicyclic) bond motifs is 1. The van der Waals surface area contributed by atoms with Gasteiger partial charge in [0.2, 0.25) is 5.91 Å². The molecule has 5 N–H and O–H groups in total. The minimum Gasteiger partial charge on any atom is -0.397 e. The first-order valence-electron chi connectivity index (χ1n) is 9.01. The second-order valence-corrected chi connectivity index (χ2v) is 6.32. The number of aromatic nitrogens is 2. The van der Waals surface area contributed by atoms with Crippen molar-refractivity contribution in [3.8, 4) is 0 Å². The van der Waals surface area contributed by atoms with Gasteiger partial charge in [-0.25, -0.2) is 0 Å². The van der Waals surface area contributed by atoms with Gasteiger partial charge >= 0.3 is 0 Å². The van der Waals surface area contributed by atoms with Gasteiger partial charge in [-0.2, -0.15) is 5.10 Å². The number of rotatable bonds is 8. The highest BCUT2D eigenvalue weighted by Crippen LogP contribution is 2.17. The van der Waals surface area contributed by atoms with Gasteiger partial charge in [0, 0.05) is 18.4 Å². The Morgan fingerprint density at radius 1 is 1.00 bits per heavy atom. The number of aromatic amines is 1. The van der Waals surface area contributed by atoms with Crippen LogP contribution in [0.4, 0.5) is 11.4 Å². The highest BCUT2D eigenvalue weighted by molar-refractivity contribution is 6.04. The second kappa shape index (κ2) is 8.84. The molecule has 0 aliphatic rings. The molecule has 1 heterocycles. The number of nitrogens with zero attached hydrogens (tertiary/aromatic N) is 1. The van der Waals surface area contributed by atoms with Gasteiger partial charge in [0.05, 0.1) is 16.9 Å². The molecule has 0 aliphatic carbocycles. The number of nitrogens with one attached hydrogen (secondary N) is 3. The highest BCUT2D eigenvalue weighted by Gasteiger charge is 2.12. The molecule has 1 aromatic heterocycles. The third kappa shape index (κ3) is 4.84. The minimum absolute atomic E-state index is 0.0556. The standard InChI is InChI=1S/C20H23N5O2/c21-15-9-4-6-11-17(15)23-18(26)12-2-1-7-13-22-20(27)19-14-8-3-5-10-16(14)24-25-19/h3-6,8-11H,1-2,7,12-13,21H2,(H,22,27)(H,23,26)(H,24,25). The first kappa shape index (κ1) is 18.4. The molecule has 7 heteroatoms. The number of anilines is 2. The van der Waals surface area contributed by atoms with Crippen molar-refractivity contribution in [2.45, 2.75) is 25.7 Å². The maximum atomic E-state index is 12.2. The van der Waals surface area contributed by atoms with Crippen LogP contribution in [0.2, 0.25) is 0 Å². The fraction of sp³-hybridized carbons (Fsp3) is 0.250. The zero-order valence-corrected chi connectivity index (χ0v) is 15.0. The van der Waals surface area contributed by atoms with E-state index in [1.165, 1.54) is 0 Å². The average Bonchev–Trinajstić information content (AvgIpc) is 3.10. The highest BCUT2D eigenvalue weighted by atomic mass is 16.2. The van der Waals surface area contributed by atoms with Crippen molar-refractivity contribution >= 4 is 34.1 Å². The Balaban J connectivity index is 1.34. The molecular formula is C20H23N5O2. The van der Waals surface area contributed by atoms with Crippen molar-refractivity contribution < 1.29 is 9.59 Å². The molecule has 0 spiro atoms. The van der Waals surface area contributed by atoms with Crippen LogP contribution < -0.4 is 16.4 Å². The largest absolute Gasteiger partial charge is 0.397 e. The van der Waals surface area contributed by atoms with Gasteiger partial charge in [-0.1, -0.05) is 36.8 Å². The number of carbonyl (C=O) groups excluding carboxylic acids is 2. The van der Waals surface area contributed by atoms with E-state index < -0.39 is 0 Å². The van der Waals surface area contributed by atoms with E-state index in [0.717, 1.165) is 30.2 Å². The van der Waals surface area contributed by atoms with Crippen LogP contribution in [0.3, 0.4) is 0 Å². The third-order valence-electron chi connectivity index (χ3n) is 4.29.